The molecule has 0 saturated carbocycles. The van der Waals surface area contributed by atoms with Crippen LogP contribution in [0.4, 0.5) is 0 Å². The third-order valence-electron chi connectivity index (χ3n) is 5.21. The summed E-state index contributed by atoms with van der Waals surface area (Å²) in [5.41, 5.74) is 4.04. The number of thiophene rings is 1. The number of hydrogen-bond donors (Lipinski definition) is 1. The molecule has 1 aliphatic rings. The van der Waals surface area contributed by atoms with Gasteiger partial charge in [-0.1, -0.05) is 35.9 Å². The fourth-order valence-electron chi connectivity index (χ4n) is 3.65. The first-order valence-corrected chi connectivity index (χ1v) is 11.0. The molecule has 150 valence electrons. The van der Waals surface area contributed by atoms with E-state index < -0.39 is 0 Å². The van der Waals surface area contributed by atoms with Crippen LogP contribution in [0.5, 0.6) is 5.75 Å². The van der Waals surface area contributed by atoms with Crippen LogP contribution < -0.4 is 10.1 Å². The van der Waals surface area contributed by atoms with Crippen LogP contribution in [0, 0.1) is 0 Å². The van der Waals surface area contributed by atoms with Crippen LogP contribution >= 0.6 is 22.9 Å². The van der Waals surface area contributed by atoms with E-state index in [4.69, 9.17) is 16.3 Å². The van der Waals surface area contributed by atoms with Crippen molar-refractivity contribution in [3.63, 3.8) is 0 Å². The number of fused-ring (bicyclic) bond motifs is 1. The van der Waals surface area contributed by atoms with Crippen molar-refractivity contribution in [3.8, 4) is 5.75 Å². The SMILES string of the molecule is O=C(COc1ccc(Cl)cc1)NC[C@H](c1ccsc1)N1CCc2ccccc2C1. The number of amides is 1. The van der Waals surface area contributed by atoms with Gasteiger partial charge in [0, 0.05) is 24.7 Å². The summed E-state index contributed by atoms with van der Waals surface area (Å²) >= 11 is 7.56. The van der Waals surface area contributed by atoms with Gasteiger partial charge in [0.1, 0.15) is 5.75 Å². The highest BCUT2D eigenvalue weighted by atomic mass is 35.5. The molecule has 0 bridgehead atoms. The van der Waals surface area contributed by atoms with Crippen molar-refractivity contribution in [1.82, 2.24) is 10.2 Å². The van der Waals surface area contributed by atoms with E-state index in [1.165, 1.54) is 16.7 Å². The Labute approximate surface area is 180 Å². The zero-order valence-electron chi connectivity index (χ0n) is 16.0. The molecule has 4 rings (SSSR count). The highest BCUT2D eigenvalue weighted by Crippen LogP contribution is 2.28. The largest absolute Gasteiger partial charge is 0.484 e. The molecule has 0 spiro atoms. The molecule has 0 fully saturated rings. The fourth-order valence-corrected chi connectivity index (χ4v) is 4.48. The quantitative estimate of drug-likeness (QED) is 0.595. The van der Waals surface area contributed by atoms with Gasteiger partial charge in [-0.15, -0.1) is 0 Å². The van der Waals surface area contributed by atoms with Gasteiger partial charge < -0.3 is 10.1 Å². The molecule has 6 heteroatoms. The van der Waals surface area contributed by atoms with Gasteiger partial charge >= 0.3 is 0 Å². The van der Waals surface area contributed by atoms with Gasteiger partial charge in [0.25, 0.3) is 5.91 Å². The standard InChI is InChI=1S/C23H23ClN2O2S/c24-20-5-7-21(8-6-20)28-15-23(27)25-13-22(19-10-12-29-16-19)26-11-9-17-3-1-2-4-18(17)14-26/h1-8,10,12,16,22H,9,11,13-15H2,(H,25,27)/t22-/m1/s1. The Morgan fingerprint density at radius 1 is 1.14 bits per heavy atom. The number of rotatable bonds is 7. The summed E-state index contributed by atoms with van der Waals surface area (Å²) < 4.78 is 5.56. The van der Waals surface area contributed by atoms with E-state index in [1.54, 1.807) is 35.6 Å². The topological polar surface area (TPSA) is 41.6 Å². The molecule has 1 amide bonds. The molecule has 0 aliphatic carbocycles. The van der Waals surface area contributed by atoms with Crippen molar-refractivity contribution >= 4 is 28.8 Å². The maximum absolute atomic E-state index is 12.4. The van der Waals surface area contributed by atoms with E-state index in [2.05, 4.69) is 51.3 Å². The summed E-state index contributed by atoms with van der Waals surface area (Å²) in [6, 6.07) is 17.9. The molecule has 1 aliphatic heterocycles. The Morgan fingerprint density at radius 3 is 2.69 bits per heavy atom. The van der Waals surface area contributed by atoms with Crippen molar-refractivity contribution in [2.45, 2.75) is 19.0 Å². The molecular formula is C23H23ClN2O2S. The Bertz CT molecular complexity index is 944. The molecular weight excluding hydrogens is 404 g/mol. The van der Waals surface area contributed by atoms with Crippen molar-refractivity contribution < 1.29 is 9.53 Å². The zero-order valence-corrected chi connectivity index (χ0v) is 17.6. The molecule has 0 unspecified atom stereocenters. The summed E-state index contributed by atoms with van der Waals surface area (Å²) in [6.07, 6.45) is 1.03. The highest BCUT2D eigenvalue weighted by molar-refractivity contribution is 7.08. The predicted octanol–water partition coefficient (Wildman–Crippen LogP) is 4.70. The third-order valence-corrected chi connectivity index (χ3v) is 6.16. The van der Waals surface area contributed by atoms with Crippen molar-refractivity contribution in [3.05, 3.63) is 87.1 Å². The highest BCUT2D eigenvalue weighted by Gasteiger charge is 2.25. The van der Waals surface area contributed by atoms with Crippen molar-refractivity contribution in [2.24, 2.45) is 0 Å². The van der Waals surface area contributed by atoms with Gasteiger partial charge in [0.2, 0.25) is 0 Å². The second-order valence-corrected chi connectivity index (χ2v) is 8.32. The predicted molar refractivity (Wildman–Crippen MR) is 118 cm³/mol. The number of nitrogens with zero attached hydrogens (tertiary/aromatic N) is 1. The summed E-state index contributed by atoms with van der Waals surface area (Å²) in [5.74, 6) is 0.504. The first-order chi connectivity index (χ1) is 14.2. The number of carbonyl (C=O) groups excluding carboxylic acids is 1. The minimum atomic E-state index is -0.127. The zero-order chi connectivity index (χ0) is 20.1. The normalized spacial score (nSPS) is 14.8. The summed E-state index contributed by atoms with van der Waals surface area (Å²) in [4.78, 5) is 14.8. The van der Waals surface area contributed by atoms with Gasteiger partial charge in [0.15, 0.2) is 6.61 Å². The van der Waals surface area contributed by atoms with E-state index in [-0.39, 0.29) is 18.6 Å². The number of halogens is 1. The lowest BCUT2D eigenvalue weighted by Gasteiger charge is -2.35. The molecule has 4 nitrogen and oxygen atoms in total. The van der Waals surface area contributed by atoms with Crippen molar-refractivity contribution in [1.29, 1.82) is 0 Å². The molecule has 1 aromatic heterocycles. The Balaban J connectivity index is 1.37. The molecule has 2 aromatic carbocycles. The Morgan fingerprint density at radius 2 is 1.93 bits per heavy atom. The smallest absolute Gasteiger partial charge is 0.258 e. The Kier molecular flexibility index (Phi) is 6.49. The molecule has 29 heavy (non-hydrogen) atoms. The molecule has 0 saturated heterocycles. The maximum atomic E-state index is 12.4. The van der Waals surface area contributed by atoms with Crippen LogP contribution in [0.3, 0.4) is 0 Å². The van der Waals surface area contributed by atoms with Gasteiger partial charge in [-0.25, -0.2) is 0 Å². The molecule has 3 aromatic rings. The van der Waals surface area contributed by atoms with E-state index in [1.807, 2.05) is 0 Å². The van der Waals surface area contributed by atoms with Gasteiger partial charge in [0.05, 0.1) is 6.04 Å². The number of carbonyl (C=O) groups is 1. The molecule has 0 radical (unpaired) electrons. The van der Waals surface area contributed by atoms with Gasteiger partial charge in [-0.2, -0.15) is 11.3 Å². The number of hydrogen-bond acceptors (Lipinski definition) is 4. The minimum absolute atomic E-state index is 0.0131. The third kappa shape index (κ3) is 5.18. The van der Waals surface area contributed by atoms with Crippen LogP contribution in [0.15, 0.2) is 65.4 Å². The number of benzene rings is 2. The molecule has 2 heterocycles. The second kappa shape index (κ2) is 9.44. The fraction of sp³-hybridized carbons (Fsp3) is 0.261. The van der Waals surface area contributed by atoms with Gasteiger partial charge in [-0.05, 0) is 64.2 Å². The summed E-state index contributed by atoms with van der Waals surface area (Å²) in [7, 11) is 0. The lowest BCUT2D eigenvalue weighted by atomic mass is 9.97. The lowest BCUT2D eigenvalue weighted by Crippen LogP contribution is -2.41. The van der Waals surface area contributed by atoms with Crippen molar-refractivity contribution in [2.75, 3.05) is 19.7 Å². The van der Waals surface area contributed by atoms with E-state index in [0.29, 0.717) is 17.3 Å². The van der Waals surface area contributed by atoms with E-state index in [0.717, 1.165) is 19.5 Å². The van der Waals surface area contributed by atoms with Crippen LogP contribution in [0.2, 0.25) is 5.02 Å². The van der Waals surface area contributed by atoms with Gasteiger partial charge in [-0.3, -0.25) is 9.69 Å². The minimum Gasteiger partial charge on any atom is -0.484 e. The Hall–Kier alpha value is -2.34. The second-order valence-electron chi connectivity index (χ2n) is 7.11. The monoisotopic (exact) mass is 426 g/mol. The number of nitrogens with one attached hydrogen (secondary N) is 1. The van der Waals surface area contributed by atoms with Crippen LogP contribution in [0.25, 0.3) is 0 Å². The van der Waals surface area contributed by atoms with Crippen LogP contribution in [0.1, 0.15) is 22.7 Å². The lowest BCUT2D eigenvalue weighted by molar-refractivity contribution is -0.123. The summed E-state index contributed by atoms with van der Waals surface area (Å²) in [6.45, 7) is 2.42. The van der Waals surface area contributed by atoms with E-state index >= 15 is 0 Å². The van der Waals surface area contributed by atoms with Crippen LogP contribution in [-0.4, -0.2) is 30.5 Å². The molecule has 1 atom stereocenters. The van der Waals surface area contributed by atoms with E-state index in [9.17, 15) is 4.79 Å². The first kappa shape index (κ1) is 20.0. The number of ether oxygens (including phenoxy) is 1. The first-order valence-electron chi connectivity index (χ1n) is 9.67. The average molecular weight is 427 g/mol. The van der Waals surface area contributed by atoms with Crippen LogP contribution in [-0.2, 0) is 17.8 Å². The summed E-state index contributed by atoms with van der Waals surface area (Å²) in [5, 5.41) is 7.95. The maximum Gasteiger partial charge on any atom is 0.258 e. The molecule has 1 N–H and O–H groups in total. The average Bonchev–Trinajstić information content (AvgIpc) is 3.28.